The zero-order valence-corrected chi connectivity index (χ0v) is 18.3. The normalized spacial score (nSPS) is 11.6. The highest BCUT2D eigenvalue weighted by Gasteiger charge is 2.16. The molecule has 0 aliphatic heterocycles. The average Bonchev–Trinajstić information content (AvgIpc) is 3.22. The molecule has 2 aromatic heterocycles. The second-order valence-corrected chi connectivity index (χ2v) is 8.69. The average molecular weight is 478 g/mol. The van der Waals surface area contributed by atoms with E-state index in [0.29, 0.717) is 17.2 Å². The summed E-state index contributed by atoms with van der Waals surface area (Å²) in [6.07, 6.45) is 0. The topological polar surface area (TPSA) is 108 Å². The summed E-state index contributed by atoms with van der Waals surface area (Å²) in [5, 5.41) is 12.3. The van der Waals surface area contributed by atoms with Gasteiger partial charge in [0.15, 0.2) is 11.5 Å². The van der Waals surface area contributed by atoms with E-state index < -0.39 is 15.8 Å². The van der Waals surface area contributed by atoms with E-state index in [0.717, 1.165) is 23.8 Å². The van der Waals surface area contributed by atoms with Gasteiger partial charge in [-0.15, -0.1) is 15.3 Å². The summed E-state index contributed by atoms with van der Waals surface area (Å²) in [4.78, 5) is -0.142. The standard InChI is InChI=1S/C20H17ClFN5O4S/c1-30-14-4-2-13(3-5-14)20-25-24-18-8-9-19(26-27(18)20)31-11-10-23-32(28,29)15-6-7-17(22)16(21)12-15/h2-9,12,23H,10-11H2,1H3. The highest BCUT2D eigenvalue weighted by molar-refractivity contribution is 7.89. The molecular formula is C20H17ClFN5O4S. The molecule has 9 nitrogen and oxygen atoms in total. The SMILES string of the molecule is COc1ccc(-c2nnc3ccc(OCCNS(=O)(=O)c4ccc(F)c(Cl)c4)nn23)cc1. The van der Waals surface area contributed by atoms with Crippen LogP contribution in [0.5, 0.6) is 11.6 Å². The number of halogens is 2. The Kier molecular flexibility index (Phi) is 6.21. The molecule has 32 heavy (non-hydrogen) atoms. The summed E-state index contributed by atoms with van der Waals surface area (Å²) in [5.74, 6) is 0.793. The number of hydrogen-bond donors (Lipinski definition) is 1. The van der Waals surface area contributed by atoms with Gasteiger partial charge in [-0.2, -0.15) is 4.52 Å². The van der Waals surface area contributed by atoms with Crippen LogP contribution in [0, 0.1) is 5.82 Å². The van der Waals surface area contributed by atoms with Gasteiger partial charge >= 0.3 is 0 Å². The van der Waals surface area contributed by atoms with Gasteiger partial charge < -0.3 is 9.47 Å². The number of hydrogen-bond acceptors (Lipinski definition) is 7. The first kappa shape index (κ1) is 21.9. The largest absolute Gasteiger partial charge is 0.497 e. The summed E-state index contributed by atoms with van der Waals surface area (Å²) in [7, 11) is -2.28. The number of benzene rings is 2. The summed E-state index contributed by atoms with van der Waals surface area (Å²) in [5.41, 5.74) is 1.31. The van der Waals surface area contributed by atoms with E-state index in [1.54, 1.807) is 31.4 Å². The summed E-state index contributed by atoms with van der Waals surface area (Å²) >= 11 is 5.65. The number of sulfonamides is 1. The predicted molar refractivity (Wildman–Crippen MR) is 115 cm³/mol. The van der Waals surface area contributed by atoms with Crippen molar-refractivity contribution in [3.63, 3.8) is 0 Å². The highest BCUT2D eigenvalue weighted by atomic mass is 35.5. The van der Waals surface area contributed by atoms with Gasteiger partial charge in [0.25, 0.3) is 0 Å². The second kappa shape index (κ2) is 9.07. The van der Waals surface area contributed by atoms with Gasteiger partial charge in [0.05, 0.1) is 17.0 Å². The molecule has 0 amide bonds. The van der Waals surface area contributed by atoms with Gasteiger partial charge in [0, 0.05) is 18.2 Å². The van der Waals surface area contributed by atoms with Gasteiger partial charge in [-0.1, -0.05) is 11.6 Å². The van der Waals surface area contributed by atoms with Gasteiger partial charge in [0.1, 0.15) is 18.2 Å². The quantitative estimate of drug-likeness (QED) is 0.389. The molecule has 12 heteroatoms. The Morgan fingerprint density at radius 3 is 2.59 bits per heavy atom. The molecule has 2 aromatic carbocycles. The van der Waals surface area contributed by atoms with Crippen molar-refractivity contribution in [1.82, 2.24) is 24.5 Å². The molecule has 0 saturated heterocycles. The number of methoxy groups -OCH3 is 1. The number of aromatic nitrogens is 4. The van der Waals surface area contributed by atoms with Crippen molar-refractivity contribution < 1.29 is 22.3 Å². The monoisotopic (exact) mass is 477 g/mol. The van der Waals surface area contributed by atoms with Crippen molar-refractivity contribution in [3.8, 4) is 23.0 Å². The van der Waals surface area contributed by atoms with E-state index in [2.05, 4.69) is 20.0 Å². The first-order chi connectivity index (χ1) is 15.4. The molecular weight excluding hydrogens is 461 g/mol. The third-order valence-corrected chi connectivity index (χ3v) is 6.18. The fourth-order valence-corrected chi connectivity index (χ4v) is 4.11. The maximum Gasteiger partial charge on any atom is 0.240 e. The van der Waals surface area contributed by atoms with Crippen LogP contribution >= 0.6 is 11.6 Å². The smallest absolute Gasteiger partial charge is 0.240 e. The van der Waals surface area contributed by atoms with E-state index in [9.17, 15) is 12.8 Å². The van der Waals surface area contributed by atoms with Crippen LogP contribution in [-0.4, -0.2) is 48.5 Å². The predicted octanol–water partition coefficient (Wildman–Crippen LogP) is 2.95. The van der Waals surface area contributed by atoms with Crippen LogP contribution in [0.4, 0.5) is 4.39 Å². The number of nitrogens with zero attached hydrogens (tertiary/aromatic N) is 4. The van der Waals surface area contributed by atoms with Gasteiger partial charge in [-0.3, -0.25) is 0 Å². The van der Waals surface area contributed by atoms with Crippen molar-refractivity contribution in [2.75, 3.05) is 20.3 Å². The maximum atomic E-state index is 13.2. The van der Waals surface area contributed by atoms with Gasteiger partial charge in [-0.25, -0.2) is 17.5 Å². The lowest BCUT2D eigenvalue weighted by atomic mass is 10.2. The number of rotatable bonds is 8. The summed E-state index contributed by atoms with van der Waals surface area (Å²) < 4.78 is 52.5. The Bertz CT molecular complexity index is 1360. The molecule has 0 spiro atoms. The molecule has 0 bridgehead atoms. The highest BCUT2D eigenvalue weighted by Crippen LogP contribution is 2.22. The van der Waals surface area contributed by atoms with Crippen LogP contribution < -0.4 is 14.2 Å². The lowest BCUT2D eigenvalue weighted by Crippen LogP contribution is -2.28. The van der Waals surface area contributed by atoms with Crippen LogP contribution in [0.2, 0.25) is 5.02 Å². The molecule has 0 aliphatic rings. The first-order valence-electron chi connectivity index (χ1n) is 9.32. The molecule has 2 heterocycles. The number of nitrogens with one attached hydrogen (secondary N) is 1. The minimum atomic E-state index is -3.87. The molecule has 4 rings (SSSR count). The van der Waals surface area contributed by atoms with Crippen molar-refractivity contribution in [2.45, 2.75) is 4.90 Å². The lowest BCUT2D eigenvalue weighted by Gasteiger charge is -2.09. The van der Waals surface area contributed by atoms with E-state index in [-0.39, 0.29) is 28.9 Å². The maximum absolute atomic E-state index is 13.2. The minimum Gasteiger partial charge on any atom is -0.497 e. The van der Waals surface area contributed by atoms with Crippen LogP contribution in [-0.2, 0) is 10.0 Å². The third-order valence-electron chi connectivity index (χ3n) is 4.43. The van der Waals surface area contributed by atoms with Crippen molar-refractivity contribution >= 4 is 27.3 Å². The summed E-state index contributed by atoms with van der Waals surface area (Å²) in [6.45, 7) is -0.0305. The molecule has 0 radical (unpaired) electrons. The fourth-order valence-electron chi connectivity index (χ4n) is 2.83. The first-order valence-corrected chi connectivity index (χ1v) is 11.2. The Morgan fingerprint density at radius 2 is 1.88 bits per heavy atom. The molecule has 0 aliphatic carbocycles. The molecule has 166 valence electrons. The number of fused-ring (bicyclic) bond motifs is 1. The number of ether oxygens (including phenoxy) is 2. The molecule has 0 saturated carbocycles. The Hall–Kier alpha value is -3.28. The zero-order chi connectivity index (χ0) is 22.7. The minimum absolute atomic E-state index is 0.00661. The van der Waals surface area contributed by atoms with Gasteiger partial charge in [-0.05, 0) is 48.5 Å². The van der Waals surface area contributed by atoms with Crippen LogP contribution in [0.3, 0.4) is 0 Å². The van der Waals surface area contributed by atoms with Gasteiger partial charge in [0.2, 0.25) is 15.9 Å². The van der Waals surface area contributed by atoms with Crippen molar-refractivity contribution in [1.29, 1.82) is 0 Å². The molecule has 4 aromatic rings. The van der Waals surface area contributed by atoms with E-state index in [1.807, 2.05) is 12.1 Å². The van der Waals surface area contributed by atoms with E-state index >= 15 is 0 Å². The van der Waals surface area contributed by atoms with E-state index in [1.165, 1.54) is 4.52 Å². The second-order valence-electron chi connectivity index (χ2n) is 6.52. The van der Waals surface area contributed by atoms with Crippen molar-refractivity contribution in [2.24, 2.45) is 0 Å². The fraction of sp³-hybridized carbons (Fsp3) is 0.150. The molecule has 0 fully saturated rings. The van der Waals surface area contributed by atoms with Crippen LogP contribution in [0.15, 0.2) is 59.5 Å². The van der Waals surface area contributed by atoms with Crippen molar-refractivity contribution in [3.05, 3.63) is 65.4 Å². The Balaban J connectivity index is 1.42. The molecule has 0 atom stereocenters. The Morgan fingerprint density at radius 1 is 1.09 bits per heavy atom. The summed E-state index contributed by atoms with van der Waals surface area (Å²) in [6, 6.07) is 13.7. The third kappa shape index (κ3) is 4.64. The Labute approximate surface area is 187 Å². The lowest BCUT2D eigenvalue weighted by molar-refractivity contribution is 0.306. The van der Waals surface area contributed by atoms with E-state index in [4.69, 9.17) is 21.1 Å². The van der Waals surface area contributed by atoms with Crippen LogP contribution in [0.25, 0.3) is 17.0 Å². The van der Waals surface area contributed by atoms with Crippen LogP contribution in [0.1, 0.15) is 0 Å². The molecule has 0 unspecified atom stereocenters. The molecule has 1 N–H and O–H groups in total. The zero-order valence-electron chi connectivity index (χ0n) is 16.7.